The van der Waals surface area contributed by atoms with Gasteiger partial charge in [0.1, 0.15) is 5.01 Å². The Labute approximate surface area is 159 Å². The Morgan fingerprint density at radius 1 is 1.08 bits per heavy atom. The predicted molar refractivity (Wildman–Crippen MR) is 110 cm³/mol. The van der Waals surface area contributed by atoms with Gasteiger partial charge in [-0.3, -0.25) is 4.31 Å². The van der Waals surface area contributed by atoms with Gasteiger partial charge in [0.05, 0.1) is 17.6 Å². The van der Waals surface area contributed by atoms with E-state index >= 15 is 0 Å². The summed E-state index contributed by atoms with van der Waals surface area (Å²) < 4.78 is 25.1. The lowest BCUT2D eigenvalue weighted by molar-refractivity contribution is 0.598. The van der Waals surface area contributed by atoms with Gasteiger partial charge in [-0.05, 0) is 38.5 Å². The molecule has 2 aromatic carbocycles. The molecule has 1 aromatic heterocycles. The zero-order valence-electron chi connectivity index (χ0n) is 15.4. The highest BCUT2D eigenvalue weighted by atomic mass is 32.2. The van der Waals surface area contributed by atoms with Crippen LogP contribution in [0.15, 0.2) is 47.8 Å². The second kappa shape index (κ2) is 7.21. The molecule has 1 heterocycles. The molecule has 4 nitrogen and oxygen atoms in total. The fourth-order valence-corrected chi connectivity index (χ4v) is 4.88. The number of anilines is 1. The van der Waals surface area contributed by atoms with Crippen LogP contribution < -0.4 is 4.31 Å². The molecule has 0 unspecified atom stereocenters. The van der Waals surface area contributed by atoms with Crippen molar-refractivity contribution in [2.24, 2.45) is 0 Å². The molecule has 0 spiro atoms. The smallest absolute Gasteiger partial charge is 0.232 e. The van der Waals surface area contributed by atoms with Crippen molar-refractivity contribution in [3.8, 4) is 21.8 Å². The maximum absolute atomic E-state index is 11.8. The van der Waals surface area contributed by atoms with Gasteiger partial charge >= 0.3 is 0 Å². The number of thiazole rings is 1. The lowest BCUT2D eigenvalue weighted by Gasteiger charge is -2.20. The van der Waals surface area contributed by atoms with E-state index in [1.807, 2.05) is 36.6 Å². The fourth-order valence-electron chi connectivity index (χ4n) is 2.99. The molecule has 0 saturated heterocycles. The van der Waals surface area contributed by atoms with Crippen molar-refractivity contribution in [1.82, 2.24) is 4.98 Å². The Morgan fingerprint density at radius 3 is 2.35 bits per heavy atom. The molecule has 0 aliphatic rings. The van der Waals surface area contributed by atoms with Crippen molar-refractivity contribution in [1.29, 1.82) is 0 Å². The van der Waals surface area contributed by atoms with Crippen LogP contribution in [0, 0.1) is 13.8 Å². The van der Waals surface area contributed by atoms with Gasteiger partial charge in [0.25, 0.3) is 0 Å². The maximum atomic E-state index is 11.8. The van der Waals surface area contributed by atoms with Crippen molar-refractivity contribution < 1.29 is 8.42 Å². The molecule has 3 rings (SSSR count). The molecule has 0 bridgehead atoms. The highest BCUT2D eigenvalue weighted by molar-refractivity contribution is 7.92. The molecule has 0 fully saturated rings. The van der Waals surface area contributed by atoms with Crippen LogP contribution in [0.5, 0.6) is 0 Å². The summed E-state index contributed by atoms with van der Waals surface area (Å²) in [5.74, 6) is 0. The van der Waals surface area contributed by atoms with Crippen LogP contribution in [0.4, 0.5) is 5.69 Å². The number of nitrogens with zero attached hydrogens (tertiary/aromatic N) is 2. The maximum Gasteiger partial charge on any atom is 0.232 e. The molecule has 26 heavy (non-hydrogen) atoms. The van der Waals surface area contributed by atoms with E-state index in [-0.39, 0.29) is 0 Å². The van der Waals surface area contributed by atoms with Gasteiger partial charge in [0.15, 0.2) is 0 Å². The van der Waals surface area contributed by atoms with Crippen molar-refractivity contribution in [3.63, 3.8) is 0 Å². The summed E-state index contributed by atoms with van der Waals surface area (Å²) in [5, 5.41) is 3.03. The molecular weight excluding hydrogens is 364 g/mol. The van der Waals surface area contributed by atoms with E-state index in [1.54, 1.807) is 11.3 Å². The van der Waals surface area contributed by atoms with Gasteiger partial charge in [-0.15, -0.1) is 11.3 Å². The molecule has 3 aromatic rings. The van der Waals surface area contributed by atoms with E-state index in [0.29, 0.717) is 12.2 Å². The third-order valence-electron chi connectivity index (χ3n) is 4.26. The highest BCUT2D eigenvalue weighted by Gasteiger charge is 2.15. The van der Waals surface area contributed by atoms with Gasteiger partial charge < -0.3 is 0 Å². The number of sulfonamides is 1. The van der Waals surface area contributed by atoms with Crippen LogP contribution in [0.2, 0.25) is 0 Å². The van der Waals surface area contributed by atoms with Gasteiger partial charge in [-0.2, -0.15) is 0 Å². The summed E-state index contributed by atoms with van der Waals surface area (Å²) in [4.78, 5) is 4.77. The number of hydrogen-bond donors (Lipinski definition) is 0. The van der Waals surface area contributed by atoms with E-state index in [1.165, 1.54) is 21.7 Å². The standard InChI is InChI=1S/C20H22N2O2S2/c1-5-22(26(4,23)24)17-9-7-16(8-10-17)19-13-25-20(21-19)18-11-6-14(2)12-15(18)3/h6-13H,5H2,1-4H3. The van der Waals surface area contributed by atoms with Gasteiger partial charge in [0, 0.05) is 23.1 Å². The van der Waals surface area contributed by atoms with E-state index in [0.717, 1.165) is 21.8 Å². The SMILES string of the molecule is CCN(c1ccc(-c2csc(-c3ccc(C)cc3C)n2)cc1)S(C)(=O)=O. The van der Waals surface area contributed by atoms with E-state index in [4.69, 9.17) is 4.98 Å². The van der Waals surface area contributed by atoms with E-state index in [9.17, 15) is 8.42 Å². The van der Waals surface area contributed by atoms with Crippen molar-refractivity contribution in [2.45, 2.75) is 20.8 Å². The summed E-state index contributed by atoms with van der Waals surface area (Å²) in [7, 11) is -3.27. The Bertz CT molecular complexity index is 1020. The van der Waals surface area contributed by atoms with E-state index in [2.05, 4.69) is 32.0 Å². The Hall–Kier alpha value is -2.18. The molecular formula is C20H22N2O2S2. The molecule has 0 aliphatic heterocycles. The van der Waals surface area contributed by atoms with Crippen LogP contribution in [0.1, 0.15) is 18.1 Å². The Kier molecular flexibility index (Phi) is 5.16. The molecule has 0 N–H and O–H groups in total. The lowest BCUT2D eigenvalue weighted by Crippen LogP contribution is -2.29. The van der Waals surface area contributed by atoms with Crippen LogP contribution in [0.3, 0.4) is 0 Å². The number of aryl methyl sites for hydroxylation is 2. The summed E-state index contributed by atoms with van der Waals surface area (Å²) in [5.41, 5.74) is 6.16. The first-order chi connectivity index (χ1) is 12.3. The van der Waals surface area contributed by atoms with Gasteiger partial charge in [-0.1, -0.05) is 35.9 Å². The first kappa shape index (κ1) is 18.6. The number of rotatable bonds is 5. The normalized spacial score (nSPS) is 11.5. The Morgan fingerprint density at radius 2 is 1.77 bits per heavy atom. The van der Waals surface area contributed by atoms with Crippen LogP contribution in [0.25, 0.3) is 21.8 Å². The topological polar surface area (TPSA) is 50.3 Å². The lowest BCUT2D eigenvalue weighted by atomic mass is 10.1. The highest BCUT2D eigenvalue weighted by Crippen LogP contribution is 2.32. The first-order valence-corrected chi connectivity index (χ1v) is 11.1. The molecule has 0 atom stereocenters. The van der Waals surface area contributed by atoms with Crippen molar-refractivity contribution >= 4 is 27.0 Å². The Balaban J connectivity index is 1.90. The third-order valence-corrected chi connectivity index (χ3v) is 6.40. The molecule has 0 amide bonds. The monoisotopic (exact) mass is 386 g/mol. The summed E-state index contributed by atoms with van der Waals surface area (Å²) in [6.45, 7) is 6.42. The van der Waals surface area contributed by atoms with Crippen molar-refractivity contribution in [2.75, 3.05) is 17.1 Å². The number of benzene rings is 2. The van der Waals surface area contributed by atoms with Crippen LogP contribution in [-0.4, -0.2) is 26.2 Å². The van der Waals surface area contributed by atoms with E-state index < -0.39 is 10.0 Å². The van der Waals surface area contributed by atoms with Crippen LogP contribution >= 0.6 is 11.3 Å². The molecule has 0 radical (unpaired) electrons. The summed E-state index contributed by atoms with van der Waals surface area (Å²) in [6.07, 6.45) is 1.22. The van der Waals surface area contributed by atoms with Gasteiger partial charge in [-0.25, -0.2) is 13.4 Å². The minimum atomic E-state index is -3.27. The minimum Gasteiger partial charge on any atom is -0.271 e. The molecule has 0 saturated carbocycles. The predicted octanol–water partition coefficient (Wildman–Crippen LogP) is 4.88. The molecule has 0 aliphatic carbocycles. The molecule has 136 valence electrons. The largest absolute Gasteiger partial charge is 0.271 e. The average molecular weight is 387 g/mol. The quantitative estimate of drug-likeness (QED) is 0.628. The number of hydrogen-bond acceptors (Lipinski definition) is 4. The van der Waals surface area contributed by atoms with Crippen molar-refractivity contribution in [3.05, 3.63) is 59.0 Å². The second-order valence-electron chi connectivity index (χ2n) is 6.33. The molecule has 6 heteroatoms. The van der Waals surface area contributed by atoms with Gasteiger partial charge in [0.2, 0.25) is 10.0 Å². The fraction of sp³-hybridized carbons (Fsp3) is 0.250. The first-order valence-electron chi connectivity index (χ1n) is 8.41. The average Bonchev–Trinajstić information content (AvgIpc) is 3.04. The second-order valence-corrected chi connectivity index (χ2v) is 9.10. The summed E-state index contributed by atoms with van der Waals surface area (Å²) >= 11 is 1.62. The van der Waals surface area contributed by atoms with Crippen LogP contribution in [-0.2, 0) is 10.0 Å². The minimum absolute atomic E-state index is 0.408. The summed E-state index contributed by atoms with van der Waals surface area (Å²) in [6, 6.07) is 13.9. The zero-order valence-corrected chi connectivity index (χ0v) is 17.0. The third kappa shape index (κ3) is 3.81. The zero-order chi connectivity index (χ0) is 18.9. The number of aromatic nitrogens is 1.